The Labute approximate surface area is 276 Å². The van der Waals surface area contributed by atoms with Crippen LogP contribution in [0.15, 0.2) is 86.0 Å². The number of nitrogens with one attached hydrogen (secondary N) is 1. The Kier molecular flexibility index (Phi) is 10.9. The molecule has 0 aromatic heterocycles. The lowest BCUT2D eigenvalue weighted by Crippen LogP contribution is -2.56. The SMILES string of the molecule is C=CCCC(=O)N[C@H](C)[C@@H](OC(=O)[C@@H]1[C@@H]2CC[C@]3(O2)[C@H](C(=O)N(CC=C)Cc2ccccc2)N(CCCO)C(=O)[C@@H]13)c1ccccc1. The number of benzene rings is 2. The summed E-state index contributed by atoms with van der Waals surface area (Å²) in [6.45, 7) is 9.86. The predicted octanol–water partition coefficient (Wildman–Crippen LogP) is 3.71. The van der Waals surface area contributed by atoms with Gasteiger partial charge in [0.2, 0.25) is 17.7 Å². The molecule has 3 saturated heterocycles. The van der Waals surface area contributed by atoms with Gasteiger partial charge in [-0.2, -0.15) is 0 Å². The molecular weight excluding hydrogens is 598 g/mol. The number of amides is 3. The minimum absolute atomic E-state index is 0.146. The van der Waals surface area contributed by atoms with Crippen molar-refractivity contribution in [2.24, 2.45) is 11.8 Å². The third-order valence-corrected chi connectivity index (χ3v) is 9.53. The van der Waals surface area contributed by atoms with Gasteiger partial charge >= 0.3 is 5.97 Å². The number of carbonyl (C=O) groups excluding carboxylic acids is 4. The van der Waals surface area contributed by atoms with Gasteiger partial charge in [0.25, 0.3) is 0 Å². The minimum atomic E-state index is -1.21. The van der Waals surface area contributed by atoms with Crippen LogP contribution < -0.4 is 5.32 Å². The molecule has 10 nitrogen and oxygen atoms in total. The zero-order chi connectivity index (χ0) is 33.6. The molecule has 5 rings (SSSR count). The molecule has 3 fully saturated rings. The molecular formula is C37H45N3O7. The Morgan fingerprint density at radius 1 is 1.13 bits per heavy atom. The highest BCUT2D eigenvalue weighted by molar-refractivity contribution is 5.98. The van der Waals surface area contributed by atoms with Crippen molar-refractivity contribution in [2.45, 2.75) is 75.5 Å². The van der Waals surface area contributed by atoms with E-state index in [0.29, 0.717) is 31.4 Å². The normalized spacial score (nSPS) is 25.5. The summed E-state index contributed by atoms with van der Waals surface area (Å²) < 4.78 is 12.8. The van der Waals surface area contributed by atoms with E-state index in [0.717, 1.165) is 5.56 Å². The number of hydrogen-bond donors (Lipinski definition) is 2. The number of allylic oxidation sites excluding steroid dienone is 1. The molecule has 2 bridgehead atoms. The minimum Gasteiger partial charge on any atom is -0.455 e. The molecule has 10 heteroatoms. The van der Waals surface area contributed by atoms with E-state index in [1.54, 1.807) is 24.0 Å². The average molecular weight is 644 g/mol. The Morgan fingerprint density at radius 3 is 2.49 bits per heavy atom. The monoisotopic (exact) mass is 643 g/mol. The fourth-order valence-electron chi connectivity index (χ4n) is 7.49. The summed E-state index contributed by atoms with van der Waals surface area (Å²) in [5.41, 5.74) is 0.423. The highest BCUT2D eigenvalue weighted by Crippen LogP contribution is 2.59. The lowest BCUT2D eigenvalue weighted by atomic mass is 9.70. The Balaban J connectivity index is 1.44. The first kappa shape index (κ1) is 34.1. The van der Waals surface area contributed by atoms with Crippen molar-refractivity contribution in [3.05, 3.63) is 97.1 Å². The lowest BCUT2D eigenvalue weighted by molar-refractivity contribution is -0.162. The molecule has 0 saturated carbocycles. The number of aliphatic hydroxyl groups excluding tert-OH is 1. The van der Waals surface area contributed by atoms with Crippen LogP contribution in [0, 0.1) is 11.8 Å². The van der Waals surface area contributed by atoms with Gasteiger partial charge in [0, 0.05) is 32.7 Å². The van der Waals surface area contributed by atoms with E-state index in [2.05, 4.69) is 18.5 Å². The van der Waals surface area contributed by atoms with E-state index in [1.165, 1.54) is 4.90 Å². The van der Waals surface area contributed by atoms with Crippen LogP contribution in [0.1, 0.15) is 56.3 Å². The number of ether oxygens (including phenoxy) is 2. The van der Waals surface area contributed by atoms with Crippen LogP contribution >= 0.6 is 0 Å². The second kappa shape index (κ2) is 15.1. The number of aliphatic hydroxyl groups is 1. The van der Waals surface area contributed by atoms with Crippen LogP contribution in [0.25, 0.3) is 0 Å². The Hall–Kier alpha value is -4.28. The van der Waals surface area contributed by atoms with Crippen molar-refractivity contribution in [3.8, 4) is 0 Å². The molecule has 3 heterocycles. The van der Waals surface area contributed by atoms with Crippen LogP contribution in [-0.2, 0) is 35.2 Å². The maximum Gasteiger partial charge on any atom is 0.313 e. The van der Waals surface area contributed by atoms with Gasteiger partial charge in [-0.05, 0) is 43.7 Å². The Bertz CT molecular complexity index is 1450. The van der Waals surface area contributed by atoms with Gasteiger partial charge < -0.3 is 29.7 Å². The smallest absolute Gasteiger partial charge is 0.313 e. The molecule has 2 aromatic carbocycles. The van der Waals surface area contributed by atoms with Crippen LogP contribution in [0.2, 0.25) is 0 Å². The third-order valence-electron chi connectivity index (χ3n) is 9.53. The van der Waals surface area contributed by atoms with E-state index < -0.39 is 47.7 Å². The molecule has 3 aliphatic rings. The van der Waals surface area contributed by atoms with Gasteiger partial charge in [0.1, 0.15) is 17.7 Å². The number of esters is 1. The molecule has 0 radical (unpaired) electrons. The van der Waals surface area contributed by atoms with Crippen LogP contribution in [0.4, 0.5) is 0 Å². The van der Waals surface area contributed by atoms with Crippen molar-refractivity contribution in [3.63, 3.8) is 0 Å². The first-order valence-electron chi connectivity index (χ1n) is 16.4. The molecule has 0 aliphatic carbocycles. The van der Waals surface area contributed by atoms with Crippen molar-refractivity contribution in [1.29, 1.82) is 0 Å². The molecule has 2 aromatic rings. The van der Waals surface area contributed by atoms with E-state index in [-0.39, 0.29) is 50.3 Å². The zero-order valence-electron chi connectivity index (χ0n) is 27.0. The highest BCUT2D eigenvalue weighted by Gasteiger charge is 2.75. The second-order valence-electron chi connectivity index (χ2n) is 12.6. The molecule has 0 unspecified atom stereocenters. The van der Waals surface area contributed by atoms with E-state index in [4.69, 9.17) is 9.47 Å². The molecule has 47 heavy (non-hydrogen) atoms. The summed E-state index contributed by atoms with van der Waals surface area (Å²) in [6, 6.07) is 17.2. The van der Waals surface area contributed by atoms with Crippen LogP contribution in [0.3, 0.4) is 0 Å². The maximum atomic E-state index is 14.5. The van der Waals surface area contributed by atoms with E-state index in [9.17, 15) is 24.3 Å². The maximum absolute atomic E-state index is 14.5. The van der Waals surface area contributed by atoms with Crippen LogP contribution in [-0.4, -0.2) is 82.1 Å². The molecule has 2 N–H and O–H groups in total. The summed E-state index contributed by atoms with van der Waals surface area (Å²) in [7, 11) is 0. The summed E-state index contributed by atoms with van der Waals surface area (Å²) in [4.78, 5) is 58.7. The summed E-state index contributed by atoms with van der Waals surface area (Å²) in [5, 5.41) is 12.6. The van der Waals surface area contributed by atoms with Crippen molar-refractivity contribution in [2.75, 3.05) is 19.7 Å². The quantitative estimate of drug-likeness (QED) is 0.211. The molecule has 3 aliphatic heterocycles. The summed E-state index contributed by atoms with van der Waals surface area (Å²) >= 11 is 0. The molecule has 7 atom stereocenters. The van der Waals surface area contributed by atoms with Crippen LogP contribution in [0.5, 0.6) is 0 Å². The van der Waals surface area contributed by atoms with E-state index in [1.807, 2.05) is 60.7 Å². The van der Waals surface area contributed by atoms with Gasteiger partial charge in [-0.3, -0.25) is 19.2 Å². The number of likely N-dealkylation sites (tertiary alicyclic amines) is 1. The van der Waals surface area contributed by atoms with Gasteiger partial charge in [0.05, 0.1) is 24.0 Å². The lowest BCUT2D eigenvalue weighted by Gasteiger charge is -2.37. The van der Waals surface area contributed by atoms with Gasteiger partial charge in [-0.15, -0.1) is 13.2 Å². The summed E-state index contributed by atoms with van der Waals surface area (Å²) in [5.74, 6) is -3.27. The number of fused-ring (bicyclic) bond motifs is 1. The average Bonchev–Trinajstić information content (AvgIpc) is 3.72. The highest BCUT2D eigenvalue weighted by atomic mass is 16.6. The predicted molar refractivity (Wildman–Crippen MR) is 175 cm³/mol. The second-order valence-corrected chi connectivity index (χ2v) is 12.6. The fourth-order valence-corrected chi connectivity index (χ4v) is 7.49. The number of carbonyl (C=O) groups is 4. The first-order valence-corrected chi connectivity index (χ1v) is 16.4. The van der Waals surface area contributed by atoms with Crippen molar-refractivity contribution < 1.29 is 33.8 Å². The van der Waals surface area contributed by atoms with Crippen molar-refractivity contribution in [1.82, 2.24) is 15.1 Å². The molecule has 250 valence electrons. The fraction of sp³-hybridized carbons (Fsp3) is 0.459. The Morgan fingerprint density at radius 2 is 1.83 bits per heavy atom. The number of nitrogens with zero attached hydrogens (tertiary/aromatic N) is 2. The molecule has 3 amide bonds. The summed E-state index contributed by atoms with van der Waals surface area (Å²) in [6.07, 6.45) is 3.89. The standard InChI is InChI=1S/C37H45N3O7/c1-4-6-18-29(42)38-25(3)32(27-16-11-8-12-17-27)46-36(45)30-28-19-20-37(47-28)31(30)34(43)40(22-13-23-41)33(37)35(44)39(21-5-2)24-26-14-9-7-10-15-26/h4-5,7-12,14-17,25,28,30-33,41H,1-2,6,13,18-24H2,3H3,(H,38,42)/t25-,28+,30-,31-,32-,33+,37-/m1/s1. The third kappa shape index (κ3) is 6.89. The topological polar surface area (TPSA) is 125 Å². The van der Waals surface area contributed by atoms with E-state index >= 15 is 0 Å². The largest absolute Gasteiger partial charge is 0.455 e. The zero-order valence-corrected chi connectivity index (χ0v) is 27.0. The van der Waals surface area contributed by atoms with Gasteiger partial charge in [0.15, 0.2) is 0 Å². The van der Waals surface area contributed by atoms with Gasteiger partial charge in [-0.25, -0.2) is 0 Å². The van der Waals surface area contributed by atoms with Gasteiger partial charge in [-0.1, -0.05) is 72.8 Å². The van der Waals surface area contributed by atoms with Crippen molar-refractivity contribution >= 4 is 23.7 Å². The number of rotatable bonds is 16. The number of hydrogen-bond acceptors (Lipinski definition) is 7. The molecule has 1 spiro atoms. The first-order chi connectivity index (χ1) is 22.7.